The summed E-state index contributed by atoms with van der Waals surface area (Å²) in [5, 5.41) is 5.98. The van der Waals surface area contributed by atoms with Gasteiger partial charge in [-0.2, -0.15) is 0 Å². The normalized spacial score (nSPS) is 16.1. The minimum absolute atomic E-state index is 0.104. The number of carbonyl (C=O) groups is 1. The molecule has 1 atom stereocenters. The predicted octanol–water partition coefficient (Wildman–Crippen LogP) is 2.84. The van der Waals surface area contributed by atoms with Gasteiger partial charge in [0.05, 0.1) is 0 Å². The van der Waals surface area contributed by atoms with Crippen molar-refractivity contribution in [3.05, 3.63) is 46.8 Å². The molecule has 0 unspecified atom stereocenters. The van der Waals surface area contributed by atoms with E-state index in [-0.39, 0.29) is 12.1 Å². The Balaban J connectivity index is 1.60. The molecule has 6 heteroatoms. The number of rotatable bonds is 3. The van der Waals surface area contributed by atoms with E-state index in [9.17, 15) is 4.79 Å². The molecule has 0 radical (unpaired) electrons. The van der Waals surface area contributed by atoms with Gasteiger partial charge in [-0.05, 0) is 61.9 Å². The van der Waals surface area contributed by atoms with Gasteiger partial charge in [-0.15, -0.1) is 0 Å². The SMILES string of the molecule is Cc1ccc(NC(=O)N[C@H]2CCc3nc(N(C)C)ncc3C2)cc1C. The summed E-state index contributed by atoms with van der Waals surface area (Å²) < 4.78 is 0. The Bertz CT molecular complexity index is 787. The van der Waals surface area contributed by atoms with E-state index in [4.69, 9.17) is 0 Å². The molecule has 6 nitrogen and oxygen atoms in total. The summed E-state index contributed by atoms with van der Waals surface area (Å²) in [5.41, 5.74) is 5.40. The number of benzene rings is 1. The average Bonchev–Trinajstić information content (AvgIpc) is 2.57. The zero-order chi connectivity index (χ0) is 18.0. The summed E-state index contributed by atoms with van der Waals surface area (Å²) in [6.45, 7) is 4.10. The number of nitrogens with one attached hydrogen (secondary N) is 2. The van der Waals surface area contributed by atoms with Crippen molar-refractivity contribution in [2.24, 2.45) is 0 Å². The van der Waals surface area contributed by atoms with Gasteiger partial charge < -0.3 is 15.5 Å². The van der Waals surface area contributed by atoms with Crippen LogP contribution in [0, 0.1) is 13.8 Å². The number of fused-ring (bicyclic) bond motifs is 1. The second-order valence-electron chi connectivity index (χ2n) is 6.87. The van der Waals surface area contributed by atoms with Crippen molar-refractivity contribution >= 4 is 17.7 Å². The van der Waals surface area contributed by atoms with Gasteiger partial charge in [-0.1, -0.05) is 6.07 Å². The lowest BCUT2D eigenvalue weighted by Gasteiger charge is -2.25. The lowest BCUT2D eigenvalue weighted by Crippen LogP contribution is -2.41. The molecule has 0 bridgehead atoms. The molecule has 2 aromatic rings. The third-order valence-electron chi connectivity index (χ3n) is 4.64. The summed E-state index contributed by atoms with van der Waals surface area (Å²) in [6.07, 6.45) is 4.39. The molecule has 0 saturated carbocycles. The fraction of sp³-hybridized carbons (Fsp3) is 0.421. The molecule has 3 rings (SSSR count). The summed E-state index contributed by atoms with van der Waals surface area (Å²) in [5.74, 6) is 0.734. The highest BCUT2D eigenvalue weighted by molar-refractivity contribution is 5.89. The third-order valence-corrected chi connectivity index (χ3v) is 4.64. The van der Waals surface area contributed by atoms with E-state index in [1.807, 2.05) is 50.3 Å². The highest BCUT2D eigenvalue weighted by Crippen LogP contribution is 2.21. The number of aromatic nitrogens is 2. The highest BCUT2D eigenvalue weighted by Gasteiger charge is 2.22. The number of amides is 2. The van der Waals surface area contributed by atoms with E-state index >= 15 is 0 Å². The standard InChI is InChI=1S/C19H25N5O/c1-12-5-6-15(9-13(12)2)21-19(25)22-16-7-8-17-14(10-16)11-20-18(23-17)24(3)4/h5-6,9,11,16H,7-8,10H2,1-4H3,(H2,21,22,25)/t16-/m0/s1. The Kier molecular flexibility index (Phi) is 4.88. The van der Waals surface area contributed by atoms with Gasteiger partial charge in [-0.3, -0.25) is 0 Å². The number of anilines is 2. The number of hydrogen-bond acceptors (Lipinski definition) is 4. The third kappa shape index (κ3) is 4.07. The summed E-state index contributed by atoms with van der Waals surface area (Å²) in [6, 6.07) is 5.87. The first kappa shape index (κ1) is 17.2. The fourth-order valence-electron chi connectivity index (χ4n) is 3.01. The molecule has 25 heavy (non-hydrogen) atoms. The van der Waals surface area contributed by atoms with E-state index in [0.717, 1.165) is 42.2 Å². The number of nitrogens with zero attached hydrogens (tertiary/aromatic N) is 3. The number of urea groups is 1. The van der Waals surface area contributed by atoms with Gasteiger partial charge in [0.15, 0.2) is 0 Å². The van der Waals surface area contributed by atoms with Gasteiger partial charge in [0, 0.05) is 37.7 Å². The van der Waals surface area contributed by atoms with Gasteiger partial charge in [0.2, 0.25) is 5.95 Å². The van der Waals surface area contributed by atoms with Crippen LogP contribution in [0.1, 0.15) is 28.8 Å². The number of carbonyl (C=O) groups excluding carboxylic acids is 1. The monoisotopic (exact) mass is 339 g/mol. The van der Waals surface area contributed by atoms with Crippen molar-refractivity contribution in [1.29, 1.82) is 0 Å². The second kappa shape index (κ2) is 7.09. The lowest BCUT2D eigenvalue weighted by molar-refractivity contribution is 0.247. The maximum atomic E-state index is 12.3. The zero-order valence-corrected chi connectivity index (χ0v) is 15.3. The first-order chi connectivity index (χ1) is 11.9. The number of aryl methyl sites for hydroxylation is 3. The van der Waals surface area contributed by atoms with Crippen molar-refractivity contribution < 1.29 is 4.79 Å². The molecule has 132 valence electrons. The minimum Gasteiger partial charge on any atom is -0.347 e. The Labute approximate surface area is 148 Å². The Morgan fingerprint density at radius 1 is 1.24 bits per heavy atom. The van der Waals surface area contributed by atoms with E-state index in [2.05, 4.69) is 27.5 Å². The van der Waals surface area contributed by atoms with Crippen LogP contribution in [0.15, 0.2) is 24.4 Å². The molecule has 1 aromatic heterocycles. The van der Waals surface area contributed by atoms with Crippen LogP contribution in [0.5, 0.6) is 0 Å². The largest absolute Gasteiger partial charge is 0.347 e. The molecule has 0 fully saturated rings. The molecule has 0 saturated heterocycles. The Morgan fingerprint density at radius 2 is 2.04 bits per heavy atom. The summed E-state index contributed by atoms with van der Waals surface area (Å²) in [4.78, 5) is 23.2. The molecule has 1 heterocycles. The topological polar surface area (TPSA) is 70.2 Å². The first-order valence-electron chi connectivity index (χ1n) is 8.59. The van der Waals surface area contributed by atoms with Gasteiger partial charge in [0.1, 0.15) is 0 Å². The second-order valence-corrected chi connectivity index (χ2v) is 6.87. The van der Waals surface area contributed by atoms with E-state index in [1.54, 1.807) is 0 Å². The molecule has 1 aliphatic carbocycles. The van der Waals surface area contributed by atoms with Crippen LogP contribution < -0.4 is 15.5 Å². The first-order valence-corrected chi connectivity index (χ1v) is 8.59. The van der Waals surface area contributed by atoms with Crippen molar-refractivity contribution in [2.45, 2.75) is 39.2 Å². The van der Waals surface area contributed by atoms with Crippen LogP contribution >= 0.6 is 0 Å². The molecular weight excluding hydrogens is 314 g/mol. The molecule has 0 aliphatic heterocycles. The van der Waals surface area contributed by atoms with Crippen molar-refractivity contribution in [3.8, 4) is 0 Å². The lowest BCUT2D eigenvalue weighted by atomic mass is 9.93. The van der Waals surface area contributed by atoms with E-state index < -0.39 is 0 Å². The van der Waals surface area contributed by atoms with Gasteiger partial charge >= 0.3 is 6.03 Å². The molecule has 1 aromatic carbocycles. The molecule has 0 spiro atoms. The van der Waals surface area contributed by atoms with Crippen LogP contribution in [-0.4, -0.2) is 36.1 Å². The Hall–Kier alpha value is -2.63. The van der Waals surface area contributed by atoms with E-state index in [0.29, 0.717) is 0 Å². The summed E-state index contributed by atoms with van der Waals surface area (Å²) >= 11 is 0. The molecule has 1 aliphatic rings. The molecular formula is C19H25N5O. The van der Waals surface area contributed by atoms with Crippen LogP contribution in [0.2, 0.25) is 0 Å². The van der Waals surface area contributed by atoms with Crippen LogP contribution in [-0.2, 0) is 12.8 Å². The van der Waals surface area contributed by atoms with Crippen LogP contribution in [0.3, 0.4) is 0 Å². The smallest absolute Gasteiger partial charge is 0.319 e. The van der Waals surface area contributed by atoms with Crippen molar-refractivity contribution in [3.63, 3.8) is 0 Å². The molecule has 2 N–H and O–H groups in total. The zero-order valence-electron chi connectivity index (χ0n) is 15.3. The number of hydrogen-bond donors (Lipinski definition) is 2. The quantitative estimate of drug-likeness (QED) is 0.902. The van der Waals surface area contributed by atoms with Gasteiger partial charge in [-0.25, -0.2) is 14.8 Å². The summed E-state index contributed by atoms with van der Waals surface area (Å²) in [7, 11) is 3.87. The van der Waals surface area contributed by atoms with Gasteiger partial charge in [0.25, 0.3) is 0 Å². The average molecular weight is 339 g/mol. The van der Waals surface area contributed by atoms with Crippen LogP contribution in [0.25, 0.3) is 0 Å². The van der Waals surface area contributed by atoms with Crippen molar-refractivity contribution in [2.75, 3.05) is 24.3 Å². The maximum absolute atomic E-state index is 12.3. The Morgan fingerprint density at radius 3 is 2.76 bits per heavy atom. The van der Waals surface area contributed by atoms with E-state index in [1.165, 1.54) is 11.1 Å². The van der Waals surface area contributed by atoms with Crippen molar-refractivity contribution in [1.82, 2.24) is 15.3 Å². The minimum atomic E-state index is -0.164. The fourth-order valence-corrected chi connectivity index (χ4v) is 3.01. The predicted molar refractivity (Wildman–Crippen MR) is 100 cm³/mol. The highest BCUT2D eigenvalue weighted by atomic mass is 16.2. The maximum Gasteiger partial charge on any atom is 0.319 e. The molecule has 2 amide bonds. The van der Waals surface area contributed by atoms with Crippen LogP contribution in [0.4, 0.5) is 16.4 Å².